The maximum Gasteiger partial charge on any atom is 0.325 e. The topological polar surface area (TPSA) is 77.9 Å². The van der Waals surface area contributed by atoms with Crippen LogP contribution in [0.25, 0.3) is 0 Å². The predicted molar refractivity (Wildman–Crippen MR) is 154 cm³/mol. The second-order valence-corrected chi connectivity index (χ2v) is 11.5. The minimum absolute atomic E-state index is 0.240. The van der Waals surface area contributed by atoms with Crippen molar-refractivity contribution in [1.82, 2.24) is 14.8 Å². The largest absolute Gasteiger partial charge is 0.495 e. The number of anilines is 1. The molecule has 3 heterocycles. The number of likely N-dealkylation sites (N-methyl/N-ethyl adjacent to an activating group) is 1. The number of nitrogens with one attached hydrogen (secondary N) is 1. The molecule has 1 aromatic carbocycles. The molecule has 1 unspecified atom stereocenters. The van der Waals surface area contributed by atoms with Crippen LogP contribution in [0.2, 0.25) is 5.02 Å². The highest BCUT2D eigenvalue weighted by Crippen LogP contribution is 2.39. The Hall–Kier alpha value is -2.35. The molecule has 2 aliphatic rings. The summed E-state index contributed by atoms with van der Waals surface area (Å²) in [5.74, 6) is 0.914. The summed E-state index contributed by atoms with van der Waals surface area (Å²) in [5.41, 5.74) is 4.18. The van der Waals surface area contributed by atoms with Crippen LogP contribution in [-0.4, -0.2) is 72.2 Å². The molecule has 0 saturated carbocycles. The number of methoxy groups -OCH3 is 1. The number of fused-ring (bicyclic) bond motifs is 1. The molecule has 0 radical (unpaired) electrons. The minimum Gasteiger partial charge on any atom is -0.495 e. The van der Waals surface area contributed by atoms with Crippen molar-refractivity contribution in [2.75, 3.05) is 45.7 Å². The summed E-state index contributed by atoms with van der Waals surface area (Å²) in [5, 5.41) is 14.1. The van der Waals surface area contributed by atoms with Crippen LogP contribution < -0.4 is 10.1 Å². The van der Waals surface area contributed by atoms with Crippen LogP contribution in [0, 0.1) is 0 Å². The Bertz CT molecular complexity index is 1110. The van der Waals surface area contributed by atoms with Gasteiger partial charge in [0.15, 0.2) is 0 Å². The van der Waals surface area contributed by atoms with Gasteiger partial charge < -0.3 is 20.1 Å². The molecule has 2 N–H and O–H groups in total. The fourth-order valence-corrected chi connectivity index (χ4v) is 6.08. The average molecular weight is 543 g/mol. The van der Waals surface area contributed by atoms with E-state index in [1.54, 1.807) is 7.11 Å². The van der Waals surface area contributed by atoms with Gasteiger partial charge in [-0.25, -0.2) is 4.98 Å². The van der Waals surface area contributed by atoms with Crippen LogP contribution in [-0.2, 0) is 17.6 Å². The molecule has 0 bridgehead atoms. The third kappa shape index (κ3) is 6.80. The lowest BCUT2D eigenvalue weighted by molar-refractivity contribution is -0.143. The quantitative estimate of drug-likeness (QED) is 0.330. The number of rotatable bonds is 12. The van der Waals surface area contributed by atoms with Crippen LogP contribution >= 0.6 is 11.6 Å². The van der Waals surface area contributed by atoms with E-state index in [1.807, 2.05) is 12.1 Å². The van der Waals surface area contributed by atoms with Gasteiger partial charge in [-0.3, -0.25) is 9.69 Å². The molecule has 0 amide bonds. The number of pyridine rings is 1. The number of carboxylic acids is 1. The van der Waals surface area contributed by atoms with Gasteiger partial charge in [-0.05, 0) is 87.4 Å². The normalized spacial score (nSPS) is 18.4. The van der Waals surface area contributed by atoms with E-state index >= 15 is 0 Å². The monoisotopic (exact) mass is 542 g/mol. The highest BCUT2D eigenvalue weighted by molar-refractivity contribution is 6.32. The lowest BCUT2D eigenvalue weighted by Gasteiger charge is -2.29. The third-order valence-corrected chi connectivity index (χ3v) is 8.35. The first-order chi connectivity index (χ1) is 18.3. The summed E-state index contributed by atoms with van der Waals surface area (Å²) in [7, 11) is 3.72. The molecule has 1 aromatic heterocycles. The number of aliphatic carboxylic acids is 1. The van der Waals surface area contributed by atoms with Gasteiger partial charge >= 0.3 is 5.97 Å². The van der Waals surface area contributed by atoms with Crippen LogP contribution in [0.3, 0.4) is 0 Å². The number of likely N-dealkylation sites (tertiary alicyclic amines) is 1. The fraction of sp³-hybridized carbons (Fsp3) is 0.600. The second kappa shape index (κ2) is 13.1. The van der Waals surface area contributed by atoms with Crippen molar-refractivity contribution in [1.29, 1.82) is 0 Å². The molecule has 2 aromatic rings. The number of hydrogen-bond donors (Lipinski definition) is 2. The standard InChI is InChI=1S/C30H43ClN4O3/c1-20(2)22-17-25(28(38-4)26(31)18-22)27(30(36)37)35-16-13-24(19-35)34(3)15-7-5-6-10-23-12-11-21-9-8-14-32-29(21)33-23/h11-12,17-18,20,24,27H,5-10,13-16,19H2,1-4H3,(H,32,33)(H,36,37)/t24-,27?/m1/s1. The molecule has 0 aliphatic carbocycles. The second-order valence-electron chi connectivity index (χ2n) is 11.1. The van der Waals surface area contributed by atoms with E-state index in [0.717, 1.165) is 69.5 Å². The van der Waals surface area contributed by atoms with Crippen molar-refractivity contribution in [2.45, 2.75) is 76.8 Å². The number of nitrogens with zero attached hydrogens (tertiary/aromatic N) is 3. The molecule has 38 heavy (non-hydrogen) atoms. The Morgan fingerprint density at radius 3 is 2.84 bits per heavy atom. The molecule has 208 valence electrons. The summed E-state index contributed by atoms with van der Waals surface area (Å²) in [6.07, 6.45) is 7.68. The highest BCUT2D eigenvalue weighted by Gasteiger charge is 2.37. The summed E-state index contributed by atoms with van der Waals surface area (Å²) in [6.45, 7) is 7.64. The Morgan fingerprint density at radius 2 is 2.11 bits per heavy atom. The number of benzene rings is 1. The van der Waals surface area contributed by atoms with Gasteiger partial charge in [-0.15, -0.1) is 0 Å². The number of aryl methyl sites for hydroxylation is 2. The van der Waals surface area contributed by atoms with E-state index in [2.05, 4.69) is 48.1 Å². The number of ether oxygens (including phenoxy) is 1. The number of carboxylic acid groups (broad SMARTS) is 1. The van der Waals surface area contributed by atoms with Crippen LogP contribution in [0.5, 0.6) is 5.75 Å². The van der Waals surface area contributed by atoms with Gasteiger partial charge in [0.25, 0.3) is 0 Å². The summed E-state index contributed by atoms with van der Waals surface area (Å²) in [4.78, 5) is 21.8. The number of halogens is 1. The van der Waals surface area contributed by atoms with Crippen molar-refractivity contribution < 1.29 is 14.6 Å². The van der Waals surface area contributed by atoms with E-state index < -0.39 is 12.0 Å². The molecule has 7 nitrogen and oxygen atoms in total. The maximum absolute atomic E-state index is 12.5. The summed E-state index contributed by atoms with van der Waals surface area (Å²) < 4.78 is 5.57. The zero-order valence-electron chi connectivity index (χ0n) is 23.3. The van der Waals surface area contributed by atoms with Gasteiger partial charge in [0.2, 0.25) is 0 Å². The Balaban J connectivity index is 1.29. The van der Waals surface area contributed by atoms with E-state index in [0.29, 0.717) is 28.9 Å². The molecule has 2 atom stereocenters. The van der Waals surface area contributed by atoms with Gasteiger partial charge in [0, 0.05) is 36.9 Å². The van der Waals surface area contributed by atoms with Gasteiger partial charge in [-0.1, -0.05) is 37.9 Å². The van der Waals surface area contributed by atoms with Crippen molar-refractivity contribution in [3.05, 3.63) is 51.7 Å². The number of carbonyl (C=O) groups is 1. The zero-order chi connectivity index (χ0) is 27.2. The van der Waals surface area contributed by atoms with Gasteiger partial charge in [0.1, 0.15) is 17.6 Å². The molecule has 4 rings (SSSR count). The van der Waals surface area contributed by atoms with E-state index in [-0.39, 0.29) is 5.92 Å². The lowest BCUT2D eigenvalue weighted by atomic mass is 9.96. The molecule has 2 aliphatic heterocycles. The molecule has 1 saturated heterocycles. The molecule has 0 spiro atoms. The van der Waals surface area contributed by atoms with Crippen LogP contribution in [0.15, 0.2) is 24.3 Å². The van der Waals surface area contributed by atoms with Crippen molar-refractivity contribution in [2.24, 2.45) is 0 Å². The third-order valence-electron chi connectivity index (χ3n) is 8.07. The molecule has 8 heteroatoms. The van der Waals surface area contributed by atoms with E-state index in [9.17, 15) is 9.90 Å². The number of hydrogen-bond acceptors (Lipinski definition) is 6. The number of unbranched alkanes of at least 4 members (excludes halogenated alkanes) is 2. The van der Waals surface area contributed by atoms with E-state index in [4.69, 9.17) is 21.3 Å². The molecular weight excluding hydrogens is 500 g/mol. The lowest BCUT2D eigenvalue weighted by Crippen LogP contribution is -2.38. The first-order valence-electron chi connectivity index (χ1n) is 14.1. The SMILES string of the molecule is COc1c(Cl)cc(C(C)C)cc1C(C(=O)O)N1CC[C@@H](N(C)CCCCCc2ccc3c(n2)NCCC3)C1. The van der Waals surface area contributed by atoms with Crippen molar-refractivity contribution >= 4 is 23.4 Å². The van der Waals surface area contributed by atoms with Gasteiger partial charge in [-0.2, -0.15) is 0 Å². The zero-order valence-corrected chi connectivity index (χ0v) is 24.1. The highest BCUT2D eigenvalue weighted by atomic mass is 35.5. The Labute approximate surface area is 232 Å². The smallest absolute Gasteiger partial charge is 0.325 e. The molecule has 1 fully saturated rings. The summed E-state index contributed by atoms with van der Waals surface area (Å²) >= 11 is 6.51. The Morgan fingerprint density at radius 1 is 1.29 bits per heavy atom. The first-order valence-corrected chi connectivity index (χ1v) is 14.4. The van der Waals surface area contributed by atoms with Crippen molar-refractivity contribution in [3.8, 4) is 5.75 Å². The first kappa shape index (κ1) is 28.7. The maximum atomic E-state index is 12.5. The Kier molecular flexibility index (Phi) is 9.91. The minimum atomic E-state index is -0.866. The van der Waals surface area contributed by atoms with Crippen LogP contribution in [0.1, 0.15) is 80.3 Å². The van der Waals surface area contributed by atoms with Crippen LogP contribution in [0.4, 0.5) is 5.82 Å². The van der Waals surface area contributed by atoms with E-state index in [1.165, 1.54) is 17.7 Å². The summed E-state index contributed by atoms with van der Waals surface area (Å²) in [6, 6.07) is 7.81. The van der Waals surface area contributed by atoms with Crippen molar-refractivity contribution in [3.63, 3.8) is 0 Å². The number of aromatic nitrogens is 1. The fourth-order valence-electron chi connectivity index (χ4n) is 5.77. The molecular formula is C30H43ClN4O3. The van der Waals surface area contributed by atoms with Gasteiger partial charge in [0.05, 0.1) is 12.1 Å². The average Bonchev–Trinajstić information content (AvgIpc) is 3.37. The predicted octanol–water partition coefficient (Wildman–Crippen LogP) is 5.77.